The molecule has 0 aromatic heterocycles. The zero-order valence-electron chi connectivity index (χ0n) is 19.5. The molecule has 6 heteroatoms. The highest BCUT2D eigenvalue weighted by Gasteiger charge is 2.54. The van der Waals surface area contributed by atoms with Gasteiger partial charge in [0.25, 0.3) is 10.0 Å². The Balaban J connectivity index is 2.26. The van der Waals surface area contributed by atoms with E-state index in [0.717, 1.165) is 11.3 Å². The summed E-state index contributed by atoms with van der Waals surface area (Å²) in [6.45, 7) is 12.5. The minimum atomic E-state index is -3.79. The number of rotatable bonds is 4. The lowest BCUT2D eigenvalue weighted by Gasteiger charge is -2.49. The van der Waals surface area contributed by atoms with Gasteiger partial charge in [0.05, 0.1) is 29.2 Å². The topological polar surface area (TPSA) is 70.4 Å². The van der Waals surface area contributed by atoms with Crippen molar-refractivity contribution in [3.63, 3.8) is 0 Å². The van der Waals surface area contributed by atoms with Crippen LogP contribution in [0.15, 0.2) is 47.4 Å². The lowest BCUT2D eigenvalue weighted by molar-refractivity contribution is 0.103. The quantitative estimate of drug-likeness (QED) is 0.647. The van der Waals surface area contributed by atoms with Crippen molar-refractivity contribution in [1.29, 1.82) is 5.26 Å². The van der Waals surface area contributed by atoms with E-state index in [2.05, 4.69) is 6.07 Å². The van der Waals surface area contributed by atoms with Crippen LogP contribution >= 0.6 is 0 Å². The molecule has 5 nitrogen and oxygen atoms in total. The molecule has 0 N–H and O–H groups in total. The molecule has 0 saturated heterocycles. The van der Waals surface area contributed by atoms with E-state index in [4.69, 9.17) is 4.74 Å². The average Bonchev–Trinajstić information content (AvgIpc) is 3.11. The summed E-state index contributed by atoms with van der Waals surface area (Å²) < 4.78 is 34.4. The summed E-state index contributed by atoms with van der Waals surface area (Å²) >= 11 is 0. The fourth-order valence-corrected chi connectivity index (χ4v) is 6.68. The first-order chi connectivity index (χ1) is 14.3. The van der Waals surface area contributed by atoms with Crippen molar-refractivity contribution >= 4 is 15.7 Å². The molecule has 0 fully saturated rings. The third-order valence-electron chi connectivity index (χ3n) is 6.43. The van der Waals surface area contributed by atoms with Gasteiger partial charge in [-0.25, -0.2) is 8.42 Å². The van der Waals surface area contributed by atoms with E-state index in [1.807, 2.05) is 65.8 Å². The predicted molar refractivity (Wildman–Crippen MR) is 124 cm³/mol. The van der Waals surface area contributed by atoms with Crippen LogP contribution in [0.2, 0.25) is 0 Å². The number of hydrogen-bond acceptors (Lipinski definition) is 4. The number of hydrogen-bond donors (Lipinski definition) is 0. The minimum absolute atomic E-state index is 0.174. The van der Waals surface area contributed by atoms with E-state index in [1.165, 1.54) is 4.31 Å². The summed E-state index contributed by atoms with van der Waals surface area (Å²) in [5.41, 5.74) is 0.408. The fourth-order valence-electron chi connectivity index (χ4n) is 5.15. The fraction of sp³-hybridized carbons (Fsp3) is 0.480. The van der Waals surface area contributed by atoms with Gasteiger partial charge in [-0.15, -0.1) is 0 Å². The number of methoxy groups -OCH3 is 1. The minimum Gasteiger partial charge on any atom is -0.496 e. The van der Waals surface area contributed by atoms with Gasteiger partial charge in [0.15, 0.2) is 0 Å². The standard InChI is InChI=1S/C25H32N2O3S/c1-23(2,3)25(17-26,24(4,5)6)20-16-19(12-13-22(20)30-7)31(28,29)27-15-14-18-10-8-9-11-21(18)27/h8-13,16H,14-15H2,1-7H3. The number of nitriles is 1. The normalized spacial score (nSPS) is 14.8. The first kappa shape index (κ1) is 23.1. The molecule has 2 aromatic carbocycles. The first-order valence-electron chi connectivity index (χ1n) is 10.5. The molecule has 1 aliphatic rings. The second-order valence-electron chi connectivity index (χ2n) is 10.2. The van der Waals surface area contributed by atoms with Crippen molar-refractivity contribution in [3.8, 4) is 11.8 Å². The Morgan fingerprint density at radius 1 is 1.00 bits per heavy atom. The number of nitrogens with zero attached hydrogens (tertiary/aromatic N) is 2. The average molecular weight is 441 g/mol. The maximum absolute atomic E-state index is 13.7. The molecule has 0 aliphatic carbocycles. The molecule has 0 spiro atoms. The zero-order valence-corrected chi connectivity index (χ0v) is 20.3. The number of fused-ring (bicyclic) bond motifs is 1. The van der Waals surface area contributed by atoms with Gasteiger partial charge in [-0.05, 0) is 47.1 Å². The van der Waals surface area contributed by atoms with Gasteiger partial charge in [-0.3, -0.25) is 4.31 Å². The van der Waals surface area contributed by atoms with Crippen molar-refractivity contribution in [2.24, 2.45) is 10.8 Å². The van der Waals surface area contributed by atoms with Crippen LogP contribution < -0.4 is 9.04 Å². The molecule has 0 atom stereocenters. The van der Waals surface area contributed by atoms with Crippen LogP contribution in [-0.2, 0) is 21.9 Å². The van der Waals surface area contributed by atoms with Crippen LogP contribution in [0, 0.1) is 22.2 Å². The van der Waals surface area contributed by atoms with Crippen LogP contribution in [0.3, 0.4) is 0 Å². The Morgan fingerprint density at radius 3 is 2.16 bits per heavy atom. The molecule has 31 heavy (non-hydrogen) atoms. The number of benzene rings is 2. The SMILES string of the molecule is COc1ccc(S(=O)(=O)N2CCc3ccccc32)cc1C(C#N)(C(C)(C)C)C(C)(C)C. The van der Waals surface area contributed by atoms with E-state index >= 15 is 0 Å². The van der Waals surface area contributed by atoms with Crippen molar-refractivity contribution in [2.45, 2.75) is 58.3 Å². The Morgan fingerprint density at radius 2 is 1.61 bits per heavy atom. The molecular weight excluding hydrogens is 408 g/mol. The second kappa shape index (κ2) is 7.56. The third kappa shape index (κ3) is 3.49. The van der Waals surface area contributed by atoms with E-state index in [1.54, 1.807) is 25.3 Å². The number of anilines is 1. The molecule has 0 radical (unpaired) electrons. The Hall–Kier alpha value is -2.52. The van der Waals surface area contributed by atoms with Crippen LogP contribution in [0.1, 0.15) is 52.7 Å². The Labute approximate surface area is 186 Å². The Bertz CT molecular complexity index is 1120. The van der Waals surface area contributed by atoms with Gasteiger partial charge < -0.3 is 4.74 Å². The smallest absolute Gasteiger partial charge is 0.264 e. The van der Waals surface area contributed by atoms with E-state index in [-0.39, 0.29) is 4.90 Å². The maximum Gasteiger partial charge on any atom is 0.264 e. The lowest BCUT2D eigenvalue weighted by Crippen LogP contribution is -2.49. The first-order valence-corrected chi connectivity index (χ1v) is 12.0. The van der Waals surface area contributed by atoms with Gasteiger partial charge >= 0.3 is 0 Å². The van der Waals surface area contributed by atoms with Crippen LogP contribution in [0.5, 0.6) is 5.75 Å². The van der Waals surface area contributed by atoms with Gasteiger partial charge in [-0.2, -0.15) is 5.26 Å². The zero-order chi connectivity index (χ0) is 23.2. The van der Waals surface area contributed by atoms with Crippen molar-refractivity contribution < 1.29 is 13.2 Å². The monoisotopic (exact) mass is 440 g/mol. The molecule has 0 amide bonds. The highest BCUT2D eigenvalue weighted by molar-refractivity contribution is 7.92. The molecular formula is C25H32N2O3S. The van der Waals surface area contributed by atoms with Gasteiger partial charge in [-0.1, -0.05) is 59.7 Å². The molecule has 0 bridgehead atoms. The highest BCUT2D eigenvalue weighted by atomic mass is 32.2. The van der Waals surface area contributed by atoms with Gasteiger partial charge in [0.1, 0.15) is 5.75 Å². The third-order valence-corrected chi connectivity index (χ3v) is 8.23. The summed E-state index contributed by atoms with van der Waals surface area (Å²) in [7, 11) is -2.24. The molecule has 0 unspecified atom stereocenters. The highest BCUT2D eigenvalue weighted by Crippen LogP contribution is 2.55. The second-order valence-corrected chi connectivity index (χ2v) is 12.0. The molecule has 1 heterocycles. The van der Waals surface area contributed by atoms with Gasteiger partial charge in [0, 0.05) is 12.1 Å². The summed E-state index contributed by atoms with van der Waals surface area (Å²) in [6.07, 6.45) is 0.685. The van der Waals surface area contributed by atoms with Crippen molar-refractivity contribution in [2.75, 3.05) is 18.0 Å². The van der Waals surface area contributed by atoms with Crippen molar-refractivity contribution in [3.05, 3.63) is 53.6 Å². The van der Waals surface area contributed by atoms with Crippen LogP contribution in [0.25, 0.3) is 0 Å². The molecule has 166 valence electrons. The number of sulfonamides is 1. The summed E-state index contributed by atoms with van der Waals surface area (Å²) in [4.78, 5) is 0.174. The lowest BCUT2D eigenvalue weighted by atomic mass is 9.52. The summed E-state index contributed by atoms with van der Waals surface area (Å²) in [5, 5.41) is 10.5. The van der Waals surface area contributed by atoms with Crippen LogP contribution in [0.4, 0.5) is 5.69 Å². The predicted octanol–water partition coefficient (Wildman–Crippen LogP) is 5.30. The molecule has 2 aromatic rings. The van der Waals surface area contributed by atoms with Crippen molar-refractivity contribution in [1.82, 2.24) is 0 Å². The summed E-state index contributed by atoms with van der Waals surface area (Å²) in [5.74, 6) is 0.521. The van der Waals surface area contributed by atoms with E-state index in [9.17, 15) is 13.7 Å². The largest absolute Gasteiger partial charge is 0.496 e. The number of ether oxygens (including phenoxy) is 1. The van der Waals surface area contributed by atoms with Crippen LogP contribution in [-0.4, -0.2) is 22.1 Å². The summed E-state index contributed by atoms with van der Waals surface area (Å²) in [6, 6.07) is 15.0. The maximum atomic E-state index is 13.7. The number of para-hydroxylation sites is 1. The Kier molecular flexibility index (Phi) is 5.65. The van der Waals surface area contributed by atoms with E-state index in [0.29, 0.717) is 24.3 Å². The van der Waals surface area contributed by atoms with E-state index < -0.39 is 26.3 Å². The van der Waals surface area contributed by atoms with Gasteiger partial charge in [0.2, 0.25) is 0 Å². The molecule has 1 aliphatic heterocycles. The molecule has 0 saturated carbocycles. The molecule has 3 rings (SSSR count).